The number of aromatic nitrogens is 2. The van der Waals surface area contributed by atoms with Gasteiger partial charge in [0.15, 0.2) is 17.3 Å². The van der Waals surface area contributed by atoms with E-state index < -0.39 is 0 Å². The molecule has 146 valence electrons. The standard InChI is InChI=1S/C20H21N3O5/c1-26-17-7-5-14(12-18(17)27-2)13-19(24)21-9-10-23-20(25)8-6-15(22-23)16-4-3-11-28-16/h3-8,11-12H,9-10,13H2,1-2H3,(H,21,24). The van der Waals surface area contributed by atoms with Crippen LogP contribution in [-0.4, -0.2) is 36.5 Å². The fourth-order valence-corrected chi connectivity index (χ4v) is 2.70. The van der Waals surface area contributed by atoms with Gasteiger partial charge in [-0.05, 0) is 35.9 Å². The molecule has 0 saturated heterocycles. The number of rotatable bonds is 8. The summed E-state index contributed by atoms with van der Waals surface area (Å²) in [4.78, 5) is 24.2. The van der Waals surface area contributed by atoms with E-state index >= 15 is 0 Å². The topological polar surface area (TPSA) is 95.6 Å². The van der Waals surface area contributed by atoms with E-state index in [-0.39, 0.29) is 31.0 Å². The lowest BCUT2D eigenvalue weighted by Crippen LogP contribution is -2.32. The van der Waals surface area contributed by atoms with Gasteiger partial charge in [-0.3, -0.25) is 9.59 Å². The van der Waals surface area contributed by atoms with Crippen LogP contribution in [0.5, 0.6) is 11.5 Å². The quantitative estimate of drug-likeness (QED) is 0.638. The molecule has 0 saturated carbocycles. The second kappa shape index (κ2) is 8.90. The van der Waals surface area contributed by atoms with Gasteiger partial charge in [-0.2, -0.15) is 5.10 Å². The molecule has 0 aliphatic rings. The van der Waals surface area contributed by atoms with Crippen LogP contribution in [0.15, 0.2) is 57.9 Å². The molecule has 0 atom stereocenters. The van der Waals surface area contributed by atoms with Gasteiger partial charge >= 0.3 is 0 Å². The summed E-state index contributed by atoms with van der Waals surface area (Å²) in [6.07, 6.45) is 1.73. The predicted molar refractivity (Wildman–Crippen MR) is 102 cm³/mol. The van der Waals surface area contributed by atoms with E-state index in [1.165, 1.54) is 10.7 Å². The van der Waals surface area contributed by atoms with Crippen LogP contribution >= 0.6 is 0 Å². The third kappa shape index (κ3) is 4.59. The number of nitrogens with one attached hydrogen (secondary N) is 1. The molecule has 0 bridgehead atoms. The first-order chi connectivity index (χ1) is 13.6. The maximum atomic E-state index is 12.2. The molecule has 8 nitrogen and oxygen atoms in total. The molecule has 3 aromatic rings. The molecule has 0 aliphatic carbocycles. The van der Waals surface area contributed by atoms with Crippen molar-refractivity contribution in [3.63, 3.8) is 0 Å². The van der Waals surface area contributed by atoms with Crippen LogP contribution in [0, 0.1) is 0 Å². The highest BCUT2D eigenvalue weighted by molar-refractivity contribution is 5.78. The van der Waals surface area contributed by atoms with Crippen molar-refractivity contribution in [2.75, 3.05) is 20.8 Å². The zero-order chi connectivity index (χ0) is 19.9. The number of amides is 1. The first kappa shape index (κ1) is 19.2. The fraction of sp³-hybridized carbons (Fsp3) is 0.250. The van der Waals surface area contributed by atoms with Gasteiger partial charge < -0.3 is 19.2 Å². The molecule has 2 aromatic heterocycles. The van der Waals surface area contributed by atoms with Gasteiger partial charge in [0.25, 0.3) is 5.56 Å². The first-order valence-corrected chi connectivity index (χ1v) is 8.70. The minimum absolute atomic E-state index is 0.164. The summed E-state index contributed by atoms with van der Waals surface area (Å²) >= 11 is 0. The Hall–Kier alpha value is -3.55. The number of carbonyl (C=O) groups is 1. The van der Waals surface area contributed by atoms with E-state index in [2.05, 4.69) is 10.4 Å². The lowest BCUT2D eigenvalue weighted by atomic mass is 10.1. The van der Waals surface area contributed by atoms with Gasteiger partial charge in [-0.25, -0.2) is 4.68 Å². The van der Waals surface area contributed by atoms with Gasteiger partial charge in [0.1, 0.15) is 5.69 Å². The summed E-state index contributed by atoms with van der Waals surface area (Å²) in [5.41, 5.74) is 1.11. The Balaban J connectivity index is 1.57. The third-order valence-electron chi connectivity index (χ3n) is 4.10. The average Bonchev–Trinajstić information content (AvgIpc) is 3.24. The number of hydrogen-bond acceptors (Lipinski definition) is 6. The van der Waals surface area contributed by atoms with Gasteiger partial charge in [-0.1, -0.05) is 6.07 Å². The highest BCUT2D eigenvalue weighted by Crippen LogP contribution is 2.27. The number of methoxy groups -OCH3 is 2. The lowest BCUT2D eigenvalue weighted by molar-refractivity contribution is -0.120. The van der Waals surface area contributed by atoms with Crippen molar-refractivity contribution in [3.8, 4) is 23.0 Å². The predicted octanol–water partition coefficient (Wildman–Crippen LogP) is 1.88. The van der Waals surface area contributed by atoms with Gasteiger partial charge in [0, 0.05) is 12.6 Å². The Kier molecular flexibility index (Phi) is 6.11. The second-order valence-corrected chi connectivity index (χ2v) is 5.97. The van der Waals surface area contributed by atoms with Crippen LogP contribution in [0.2, 0.25) is 0 Å². The molecular weight excluding hydrogens is 362 g/mol. The Morgan fingerprint density at radius 2 is 1.96 bits per heavy atom. The molecule has 1 aromatic carbocycles. The molecule has 1 amide bonds. The minimum Gasteiger partial charge on any atom is -0.493 e. The van der Waals surface area contributed by atoms with E-state index in [0.29, 0.717) is 23.0 Å². The molecule has 28 heavy (non-hydrogen) atoms. The van der Waals surface area contributed by atoms with Gasteiger partial charge in [0.2, 0.25) is 5.91 Å². The minimum atomic E-state index is -0.246. The number of furan rings is 1. The third-order valence-corrected chi connectivity index (χ3v) is 4.10. The van der Waals surface area contributed by atoms with Crippen LogP contribution in [-0.2, 0) is 17.8 Å². The second-order valence-electron chi connectivity index (χ2n) is 5.97. The van der Waals surface area contributed by atoms with Gasteiger partial charge in [-0.15, -0.1) is 0 Å². The largest absolute Gasteiger partial charge is 0.493 e. The summed E-state index contributed by atoms with van der Waals surface area (Å²) < 4.78 is 17.0. The van der Waals surface area contributed by atoms with Crippen LogP contribution in [0.25, 0.3) is 11.5 Å². The summed E-state index contributed by atoms with van der Waals surface area (Å²) in [6.45, 7) is 0.533. The number of nitrogens with zero attached hydrogens (tertiary/aromatic N) is 2. The maximum Gasteiger partial charge on any atom is 0.266 e. The number of carbonyl (C=O) groups excluding carboxylic acids is 1. The summed E-state index contributed by atoms with van der Waals surface area (Å²) in [5, 5.41) is 7.06. The van der Waals surface area contributed by atoms with E-state index in [1.807, 2.05) is 0 Å². The van der Waals surface area contributed by atoms with Crippen LogP contribution in [0.1, 0.15) is 5.56 Å². The number of benzene rings is 1. The Morgan fingerprint density at radius 1 is 1.14 bits per heavy atom. The smallest absolute Gasteiger partial charge is 0.266 e. The van der Waals surface area contributed by atoms with Crippen molar-refractivity contribution >= 4 is 5.91 Å². The molecule has 2 heterocycles. The van der Waals surface area contributed by atoms with E-state index in [4.69, 9.17) is 13.9 Å². The average molecular weight is 383 g/mol. The van der Waals surface area contributed by atoms with Crippen molar-refractivity contribution in [2.45, 2.75) is 13.0 Å². The van der Waals surface area contributed by atoms with E-state index in [9.17, 15) is 9.59 Å². The highest BCUT2D eigenvalue weighted by Gasteiger charge is 2.09. The summed E-state index contributed by atoms with van der Waals surface area (Å²) in [6, 6.07) is 11.9. The van der Waals surface area contributed by atoms with Crippen LogP contribution in [0.4, 0.5) is 0 Å². The first-order valence-electron chi connectivity index (χ1n) is 8.70. The number of hydrogen-bond donors (Lipinski definition) is 1. The van der Waals surface area contributed by atoms with E-state index in [1.54, 1.807) is 56.9 Å². The summed E-state index contributed by atoms with van der Waals surface area (Å²) in [5.74, 6) is 1.58. The van der Waals surface area contributed by atoms with Crippen molar-refractivity contribution in [1.29, 1.82) is 0 Å². The van der Waals surface area contributed by atoms with Crippen molar-refractivity contribution in [2.24, 2.45) is 0 Å². The molecule has 0 fully saturated rings. The van der Waals surface area contributed by atoms with Crippen molar-refractivity contribution in [3.05, 3.63) is 64.6 Å². The molecule has 0 radical (unpaired) electrons. The molecule has 8 heteroatoms. The molecule has 3 rings (SSSR count). The molecule has 1 N–H and O–H groups in total. The summed E-state index contributed by atoms with van der Waals surface area (Å²) in [7, 11) is 3.10. The SMILES string of the molecule is COc1ccc(CC(=O)NCCn2nc(-c3ccco3)ccc2=O)cc1OC. The van der Waals surface area contributed by atoms with Crippen molar-refractivity contribution in [1.82, 2.24) is 15.1 Å². The Bertz CT molecular complexity index is 995. The lowest BCUT2D eigenvalue weighted by Gasteiger charge is -2.10. The molecule has 0 aliphatic heterocycles. The molecule has 0 unspecified atom stereocenters. The fourth-order valence-electron chi connectivity index (χ4n) is 2.70. The Morgan fingerprint density at radius 3 is 2.68 bits per heavy atom. The highest BCUT2D eigenvalue weighted by atomic mass is 16.5. The number of ether oxygens (including phenoxy) is 2. The van der Waals surface area contributed by atoms with Gasteiger partial charge in [0.05, 0.1) is 33.4 Å². The molecular formula is C20H21N3O5. The van der Waals surface area contributed by atoms with Crippen molar-refractivity contribution < 1.29 is 18.7 Å². The Labute approximate surface area is 161 Å². The maximum absolute atomic E-state index is 12.2. The molecule has 0 spiro atoms. The van der Waals surface area contributed by atoms with Crippen LogP contribution in [0.3, 0.4) is 0 Å². The zero-order valence-electron chi connectivity index (χ0n) is 15.7. The zero-order valence-corrected chi connectivity index (χ0v) is 15.7. The van der Waals surface area contributed by atoms with E-state index in [0.717, 1.165) is 5.56 Å². The monoisotopic (exact) mass is 383 g/mol. The van der Waals surface area contributed by atoms with Crippen LogP contribution < -0.4 is 20.3 Å². The normalized spacial score (nSPS) is 10.5.